The van der Waals surface area contributed by atoms with Crippen LogP contribution in [0.15, 0.2) is 18.2 Å². The maximum atomic E-state index is 13.4. The number of hydrogen-bond acceptors (Lipinski definition) is 9. The summed E-state index contributed by atoms with van der Waals surface area (Å²) in [5.74, 6) is 0.565. The number of urea groups is 1. The molecule has 3 saturated heterocycles. The lowest BCUT2D eigenvalue weighted by Gasteiger charge is -2.46. The molecule has 3 heterocycles. The van der Waals surface area contributed by atoms with Gasteiger partial charge in [0.15, 0.2) is 0 Å². The van der Waals surface area contributed by atoms with Crippen LogP contribution >= 0.6 is 0 Å². The third-order valence-electron chi connectivity index (χ3n) is 6.37. The van der Waals surface area contributed by atoms with E-state index in [1.807, 2.05) is 18.2 Å². The van der Waals surface area contributed by atoms with Crippen LogP contribution in [0.3, 0.4) is 0 Å². The van der Waals surface area contributed by atoms with Crippen molar-refractivity contribution in [3.63, 3.8) is 0 Å². The van der Waals surface area contributed by atoms with Crippen molar-refractivity contribution in [2.24, 2.45) is 5.92 Å². The summed E-state index contributed by atoms with van der Waals surface area (Å²) < 4.78 is 15.9. The highest BCUT2D eigenvalue weighted by molar-refractivity contribution is 6.02. The summed E-state index contributed by atoms with van der Waals surface area (Å²) >= 11 is 0. The van der Waals surface area contributed by atoms with Crippen LogP contribution in [-0.2, 0) is 14.3 Å². The van der Waals surface area contributed by atoms with Gasteiger partial charge in [-0.2, -0.15) is 0 Å². The van der Waals surface area contributed by atoms with Crippen molar-refractivity contribution in [2.75, 3.05) is 52.4 Å². The summed E-state index contributed by atoms with van der Waals surface area (Å²) in [4.78, 5) is 45.1. The van der Waals surface area contributed by atoms with Crippen molar-refractivity contribution >= 4 is 23.6 Å². The number of nitrogens with one attached hydrogen (secondary N) is 1. The molecule has 0 saturated carbocycles. The van der Waals surface area contributed by atoms with E-state index in [1.165, 1.54) is 4.90 Å². The number of carbonyl (C=O) groups is 3. The third-order valence-corrected chi connectivity index (χ3v) is 6.37. The topological polar surface area (TPSA) is 104 Å². The number of esters is 1. The Morgan fingerprint density at radius 1 is 1.18 bits per heavy atom. The number of hydrogen-bond donors (Lipinski definition) is 1. The van der Waals surface area contributed by atoms with Gasteiger partial charge in [-0.15, -0.1) is 0 Å². The molecule has 3 amide bonds. The smallest absolute Gasteiger partial charge is 0.328 e. The van der Waals surface area contributed by atoms with Crippen LogP contribution in [0, 0.1) is 5.92 Å². The van der Waals surface area contributed by atoms with E-state index in [4.69, 9.17) is 14.2 Å². The van der Waals surface area contributed by atoms with E-state index >= 15 is 0 Å². The monoisotopic (exact) mass is 461 g/mol. The maximum Gasteiger partial charge on any atom is 0.328 e. The lowest BCUT2D eigenvalue weighted by atomic mass is 10.0. The van der Waals surface area contributed by atoms with Crippen LogP contribution in [0.1, 0.15) is 13.8 Å². The quantitative estimate of drug-likeness (QED) is 0.607. The molecule has 4 atom stereocenters. The number of anilines is 1. The molecule has 3 aliphatic heterocycles. The third kappa shape index (κ3) is 3.95. The van der Waals surface area contributed by atoms with E-state index < -0.39 is 36.7 Å². The molecule has 11 heteroatoms. The number of benzene rings is 1. The normalized spacial score (nSPS) is 27.4. The van der Waals surface area contributed by atoms with Crippen molar-refractivity contribution < 1.29 is 28.6 Å². The number of nitrogens with zero attached hydrogens (tertiary/aromatic N) is 4. The highest BCUT2D eigenvalue weighted by atomic mass is 16.5. The van der Waals surface area contributed by atoms with Gasteiger partial charge in [-0.3, -0.25) is 24.7 Å². The molecule has 0 bridgehead atoms. The van der Waals surface area contributed by atoms with Gasteiger partial charge in [-0.05, 0) is 25.0 Å². The Balaban J connectivity index is 1.66. The number of ether oxygens (including phenoxy) is 3. The molecule has 4 rings (SSSR count). The van der Waals surface area contributed by atoms with Gasteiger partial charge in [0.25, 0.3) is 5.91 Å². The molecule has 0 spiro atoms. The second-order valence-corrected chi connectivity index (χ2v) is 8.54. The molecule has 1 aromatic rings. The average molecular weight is 462 g/mol. The van der Waals surface area contributed by atoms with Crippen LogP contribution < -0.4 is 19.7 Å². The molecule has 11 nitrogen and oxygen atoms in total. The summed E-state index contributed by atoms with van der Waals surface area (Å²) in [5.41, 5.74) is 0.857. The number of likely N-dealkylation sites (N-methyl/N-ethyl adjacent to an activating group) is 1. The average Bonchev–Trinajstić information content (AvgIpc) is 3.19. The van der Waals surface area contributed by atoms with Gasteiger partial charge in [0.1, 0.15) is 36.5 Å². The van der Waals surface area contributed by atoms with Gasteiger partial charge in [0.2, 0.25) is 0 Å². The Morgan fingerprint density at radius 2 is 1.94 bits per heavy atom. The number of amides is 3. The molecular weight excluding hydrogens is 430 g/mol. The van der Waals surface area contributed by atoms with Crippen molar-refractivity contribution in [3.05, 3.63) is 18.2 Å². The van der Waals surface area contributed by atoms with Crippen molar-refractivity contribution in [2.45, 2.75) is 32.3 Å². The Labute approximate surface area is 193 Å². The predicted octanol–water partition coefficient (Wildman–Crippen LogP) is 0.501. The minimum atomic E-state index is -0.624. The zero-order valence-electron chi connectivity index (χ0n) is 19.6. The van der Waals surface area contributed by atoms with Crippen LogP contribution in [0.25, 0.3) is 0 Å². The van der Waals surface area contributed by atoms with Gasteiger partial charge in [0, 0.05) is 26.2 Å². The zero-order valence-corrected chi connectivity index (χ0v) is 19.6. The number of carbonyl (C=O) groups excluding carboxylic acids is 3. The van der Waals surface area contributed by atoms with Gasteiger partial charge < -0.3 is 24.0 Å². The highest BCUT2D eigenvalue weighted by Gasteiger charge is 2.57. The van der Waals surface area contributed by atoms with Crippen molar-refractivity contribution in [1.29, 1.82) is 0 Å². The van der Waals surface area contributed by atoms with Crippen molar-refractivity contribution in [3.8, 4) is 11.5 Å². The van der Waals surface area contributed by atoms with Gasteiger partial charge >= 0.3 is 12.0 Å². The minimum absolute atomic E-state index is 0.183. The van der Waals surface area contributed by atoms with Crippen LogP contribution in [0.2, 0.25) is 0 Å². The maximum absolute atomic E-state index is 13.4. The number of methoxy groups -OCH3 is 2. The summed E-state index contributed by atoms with van der Waals surface area (Å²) in [7, 11) is 4.84. The molecule has 0 aliphatic carbocycles. The number of fused-ring (bicyclic) bond motifs is 3. The van der Waals surface area contributed by atoms with Gasteiger partial charge in [-0.25, -0.2) is 4.79 Å². The molecular formula is C22H31N5O6. The highest BCUT2D eigenvalue weighted by Crippen LogP contribution is 2.39. The van der Waals surface area contributed by atoms with Gasteiger partial charge in [0.05, 0.1) is 26.5 Å². The Kier molecular flexibility index (Phi) is 6.35. The predicted molar refractivity (Wildman–Crippen MR) is 119 cm³/mol. The van der Waals surface area contributed by atoms with E-state index in [0.29, 0.717) is 18.0 Å². The lowest BCUT2D eigenvalue weighted by Crippen LogP contribution is -2.67. The second kappa shape index (κ2) is 9.06. The molecule has 0 aromatic heterocycles. The van der Waals surface area contributed by atoms with Crippen molar-refractivity contribution in [1.82, 2.24) is 20.0 Å². The summed E-state index contributed by atoms with van der Waals surface area (Å²) in [5, 5.41) is 3.46. The summed E-state index contributed by atoms with van der Waals surface area (Å²) in [6, 6.07) is 4.47. The summed E-state index contributed by atoms with van der Waals surface area (Å²) in [6.45, 7) is 4.98. The molecule has 1 aromatic carbocycles. The molecule has 1 N–H and O–H groups in total. The fraction of sp³-hybridized carbons (Fsp3) is 0.591. The SMILES string of the molecule is CCOC(=O)CN1C(=O)C2C(NC3N(c4ccc(OC)cc4OC)CC(C)CN23)N(C)C1=O. The lowest BCUT2D eigenvalue weighted by molar-refractivity contribution is -0.151. The van der Waals surface area contributed by atoms with E-state index in [2.05, 4.69) is 22.0 Å². The first-order chi connectivity index (χ1) is 15.8. The first-order valence-corrected chi connectivity index (χ1v) is 11.0. The van der Waals surface area contributed by atoms with Crippen LogP contribution in [0.4, 0.5) is 10.5 Å². The first kappa shape index (κ1) is 23.1. The first-order valence-electron chi connectivity index (χ1n) is 11.0. The fourth-order valence-electron chi connectivity index (χ4n) is 4.91. The molecule has 180 valence electrons. The molecule has 4 unspecified atom stereocenters. The minimum Gasteiger partial charge on any atom is -0.497 e. The van der Waals surface area contributed by atoms with Crippen LogP contribution in [0.5, 0.6) is 11.5 Å². The molecule has 33 heavy (non-hydrogen) atoms. The van der Waals surface area contributed by atoms with E-state index in [0.717, 1.165) is 17.1 Å². The summed E-state index contributed by atoms with van der Waals surface area (Å²) in [6.07, 6.45) is -0.856. The number of rotatable bonds is 6. The zero-order chi connectivity index (χ0) is 23.9. The molecule has 3 fully saturated rings. The van der Waals surface area contributed by atoms with E-state index in [-0.39, 0.29) is 18.8 Å². The Hall–Kier alpha value is -3.05. The second-order valence-electron chi connectivity index (χ2n) is 8.54. The standard InChI is InChI=1S/C22H31N5O6/c1-6-33-17(28)12-27-20(29)18-19(24(3)22(27)30)23-21-25(10-13(2)11-26(18)21)15-8-7-14(31-4)9-16(15)32-5/h7-9,13,18-19,21,23H,6,10-12H2,1-5H3. The molecule has 0 radical (unpaired) electrons. The Morgan fingerprint density at radius 3 is 2.61 bits per heavy atom. The van der Waals surface area contributed by atoms with Gasteiger partial charge in [-0.1, -0.05) is 6.92 Å². The largest absolute Gasteiger partial charge is 0.497 e. The fourth-order valence-corrected chi connectivity index (χ4v) is 4.91. The van der Waals surface area contributed by atoms with E-state index in [1.54, 1.807) is 28.2 Å². The molecule has 3 aliphatic rings. The Bertz CT molecular complexity index is 942. The van der Waals surface area contributed by atoms with Crippen LogP contribution in [-0.4, -0.2) is 98.6 Å². The number of imide groups is 1. The van der Waals surface area contributed by atoms with E-state index in [9.17, 15) is 14.4 Å².